The summed E-state index contributed by atoms with van der Waals surface area (Å²) in [6.45, 7) is 0. The van der Waals surface area contributed by atoms with E-state index in [0.29, 0.717) is 10.0 Å². The van der Waals surface area contributed by atoms with E-state index in [1.807, 2.05) is 30.3 Å². The predicted molar refractivity (Wildman–Crippen MR) is 89.2 cm³/mol. The molecule has 0 atom stereocenters. The summed E-state index contributed by atoms with van der Waals surface area (Å²) in [5.41, 5.74) is 2.14. The number of thioether (sulfide) groups is 1. The Labute approximate surface area is 139 Å². The quantitative estimate of drug-likeness (QED) is 0.504. The van der Waals surface area contributed by atoms with Crippen molar-refractivity contribution in [2.75, 3.05) is 14.2 Å². The van der Waals surface area contributed by atoms with Crippen LogP contribution in [0, 0.1) is 0 Å². The Bertz CT molecular complexity index is 583. The van der Waals surface area contributed by atoms with Crippen LogP contribution in [0.3, 0.4) is 0 Å². The molecule has 0 radical (unpaired) electrons. The summed E-state index contributed by atoms with van der Waals surface area (Å²) < 4.78 is 10.4. The minimum absolute atomic E-state index is 0.320. The van der Waals surface area contributed by atoms with Gasteiger partial charge in [-0.05, 0) is 29.8 Å². The van der Waals surface area contributed by atoms with Crippen molar-refractivity contribution in [3.05, 3.63) is 63.6 Å². The second kappa shape index (κ2) is 8.06. The van der Waals surface area contributed by atoms with E-state index in [4.69, 9.17) is 32.7 Å². The van der Waals surface area contributed by atoms with Crippen LogP contribution in [0.25, 0.3) is 0 Å². The van der Waals surface area contributed by atoms with Gasteiger partial charge in [0.2, 0.25) is 0 Å². The molecule has 0 fully saturated rings. The van der Waals surface area contributed by atoms with Crippen molar-refractivity contribution >= 4 is 35.0 Å². The summed E-state index contributed by atoms with van der Waals surface area (Å²) >= 11 is 13.7. The fourth-order valence-electron chi connectivity index (χ4n) is 1.89. The molecular formula is C16H16Cl2O2S. The van der Waals surface area contributed by atoms with Gasteiger partial charge < -0.3 is 9.47 Å². The summed E-state index contributed by atoms with van der Waals surface area (Å²) in [6.07, 6.45) is -0.320. The molecule has 2 nitrogen and oxygen atoms in total. The lowest BCUT2D eigenvalue weighted by atomic mass is 10.2. The van der Waals surface area contributed by atoms with Crippen LogP contribution in [0.15, 0.2) is 47.4 Å². The molecule has 0 aliphatic heterocycles. The lowest BCUT2D eigenvalue weighted by Crippen LogP contribution is -2.02. The number of hydrogen-bond donors (Lipinski definition) is 0. The average molecular weight is 343 g/mol. The van der Waals surface area contributed by atoms with Crippen LogP contribution >= 0.6 is 35.0 Å². The van der Waals surface area contributed by atoms with Crippen molar-refractivity contribution in [2.24, 2.45) is 0 Å². The molecule has 2 aromatic rings. The summed E-state index contributed by atoms with van der Waals surface area (Å²) in [6, 6.07) is 13.8. The maximum Gasteiger partial charge on any atom is 0.183 e. The number of halogens is 2. The van der Waals surface area contributed by atoms with Crippen molar-refractivity contribution in [3.63, 3.8) is 0 Å². The molecule has 0 unspecified atom stereocenters. The second-order valence-corrected chi connectivity index (χ2v) is 6.27. The minimum atomic E-state index is -0.320. The SMILES string of the molecule is COC(OC)c1ccc(SCc2ccc(Cl)c(Cl)c2)cc1. The summed E-state index contributed by atoms with van der Waals surface area (Å²) in [4.78, 5) is 1.18. The van der Waals surface area contributed by atoms with Crippen LogP contribution in [-0.4, -0.2) is 14.2 Å². The molecule has 21 heavy (non-hydrogen) atoms. The van der Waals surface area contributed by atoms with E-state index in [2.05, 4.69) is 12.1 Å². The summed E-state index contributed by atoms with van der Waals surface area (Å²) in [7, 11) is 3.25. The van der Waals surface area contributed by atoms with Gasteiger partial charge in [0.25, 0.3) is 0 Å². The number of methoxy groups -OCH3 is 2. The average Bonchev–Trinajstić information content (AvgIpc) is 2.51. The fourth-order valence-corrected chi connectivity index (χ4v) is 3.05. The Hall–Kier alpha value is -0.710. The van der Waals surface area contributed by atoms with Crippen LogP contribution in [0.2, 0.25) is 10.0 Å². The first kappa shape index (κ1) is 16.7. The van der Waals surface area contributed by atoms with Crippen molar-refractivity contribution in [3.8, 4) is 0 Å². The number of rotatable bonds is 6. The summed E-state index contributed by atoms with van der Waals surface area (Å²) in [5, 5.41) is 1.17. The van der Waals surface area contributed by atoms with E-state index in [0.717, 1.165) is 16.9 Å². The monoisotopic (exact) mass is 342 g/mol. The van der Waals surface area contributed by atoms with Gasteiger partial charge in [0.1, 0.15) is 0 Å². The van der Waals surface area contributed by atoms with Gasteiger partial charge in [0.05, 0.1) is 10.0 Å². The Morgan fingerprint density at radius 1 is 0.952 bits per heavy atom. The topological polar surface area (TPSA) is 18.5 Å². The van der Waals surface area contributed by atoms with Gasteiger partial charge in [0.15, 0.2) is 6.29 Å². The number of hydrogen-bond acceptors (Lipinski definition) is 3. The van der Waals surface area contributed by atoms with Gasteiger partial charge in [-0.2, -0.15) is 0 Å². The molecule has 2 rings (SSSR count). The zero-order valence-electron chi connectivity index (χ0n) is 11.8. The Balaban J connectivity index is 1.98. The van der Waals surface area contributed by atoms with E-state index in [-0.39, 0.29) is 6.29 Å². The zero-order valence-corrected chi connectivity index (χ0v) is 14.1. The molecule has 5 heteroatoms. The molecule has 112 valence electrons. The van der Waals surface area contributed by atoms with Gasteiger partial charge in [-0.3, -0.25) is 0 Å². The molecule has 0 aliphatic carbocycles. The maximum absolute atomic E-state index is 6.01. The van der Waals surface area contributed by atoms with Gasteiger partial charge in [-0.15, -0.1) is 11.8 Å². The lowest BCUT2D eigenvalue weighted by molar-refractivity contribution is -0.106. The molecule has 0 spiro atoms. The molecule has 0 saturated carbocycles. The van der Waals surface area contributed by atoms with Crippen LogP contribution in [0.4, 0.5) is 0 Å². The molecule has 0 saturated heterocycles. The van der Waals surface area contributed by atoms with Crippen LogP contribution in [0.1, 0.15) is 17.4 Å². The second-order valence-electron chi connectivity index (χ2n) is 4.41. The molecule has 2 aromatic carbocycles. The van der Waals surface area contributed by atoms with Crippen molar-refractivity contribution in [2.45, 2.75) is 16.9 Å². The third-order valence-electron chi connectivity index (χ3n) is 2.97. The number of benzene rings is 2. The fraction of sp³-hybridized carbons (Fsp3) is 0.250. The zero-order chi connectivity index (χ0) is 15.2. The first-order valence-corrected chi connectivity index (χ1v) is 8.10. The smallest absolute Gasteiger partial charge is 0.183 e. The molecule has 0 bridgehead atoms. The Morgan fingerprint density at radius 2 is 1.62 bits per heavy atom. The standard InChI is InChI=1S/C16H16Cl2O2S/c1-19-16(20-2)12-4-6-13(7-5-12)21-10-11-3-8-14(17)15(18)9-11/h3-9,16H,10H2,1-2H3. The van der Waals surface area contributed by atoms with Gasteiger partial charge >= 0.3 is 0 Å². The molecular weight excluding hydrogens is 327 g/mol. The van der Waals surface area contributed by atoms with E-state index in [9.17, 15) is 0 Å². The molecule has 0 amide bonds. The molecule has 0 aromatic heterocycles. The summed E-state index contributed by atoms with van der Waals surface area (Å²) in [5.74, 6) is 0.841. The largest absolute Gasteiger partial charge is 0.352 e. The van der Waals surface area contributed by atoms with E-state index < -0.39 is 0 Å². The number of ether oxygens (including phenoxy) is 2. The van der Waals surface area contributed by atoms with Crippen LogP contribution in [0.5, 0.6) is 0 Å². The van der Waals surface area contributed by atoms with Crippen LogP contribution in [-0.2, 0) is 15.2 Å². The highest BCUT2D eigenvalue weighted by molar-refractivity contribution is 7.98. The van der Waals surface area contributed by atoms with Crippen molar-refractivity contribution in [1.29, 1.82) is 0 Å². The highest BCUT2D eigenvalue weighted by atomic mass is 35.5. The highest BCUT2D eigenvalue weighted by Crippen LogP contribution is 2.28. The van der Waals surface area contributed by atoms with E-state index in [1.165, 1.54) is 4.90 Å². The van der Waals surface area contributed by atoms with Crippen molar-refractivity contribution < 1.29 is 9.47 Å². The van der Waals surface area contributed by atoms with Crippen molar-refractivity contribution in [1.82, 2.24) is 0 Å². The van der Waals surface area contributed by atoms with Gasteiger partial charge in [-0.25, -0.2) is 0 Å². The van der Waals surface area contributed by atoms with Gasteiger partial charge in [0, 0.05) is 30.4 Å². The van der Waals surface area contributed by atoms with E-state index in [1.54, 1.807) is 26.0 Å². The lowest BCUT2D eigenvalue weighted by Gasteiger charge is -2.13. The normalized spacial score (nSPS) is 11.1. The van der Waals surface area contributed by atoms with Gasteiger partial charge in [-0.1, -0.05) is 41.4 Å². The third-order valence-corrected chi connectivity index (χ3v) is 4.79. The minimum Gasteiger partial charge on any atom is -0.352 e. The van der Waals surface area contributed by atoms with Crippen LogP contribution < -0.4 is 0 Å². The first-order valence-electron chi connectivity index (χ1n) is 6.36. The Morgan fingerprint density at radius 3 is 2.19 bits per heavy atom. The van der Waals surface area contributed by atoms with E-state index >= 15 is 0 Å². The molecule has 0 N–H and O–H groups in total. The Kier molecular flexibility index (Phi) is 6.40. The first-order chi connectivity index (χ1) is 10.1. The predicted octanol–water partition coefficient (Wildman–Crippen LogP) is 5.58. The maximum atomic E-state index is 6.01. The highest BCUT2D eigenvalue weighted by Gasteiger charge is 2.08. The molecule has 0 aliphatic rings. The molecule has 0 heterocycles. The third kappa shape index (κ3) is 4.63.